The van der Waals surface area contributed by atoms with Crippen LogP contribution in [0.25, 0.3) is 0 Å². The van der Waals surface area contributed by atoms with Crippen molar-refractivity contribution in [1.29, 1.82) is 0 Å². The lowest BCUT2D eigenvalue weighted by atomic mass is 10.2. The van der Waals surface area contributed by atoms with Gasteiger partial charge in [0.05, 0.1) is 23.7 Å². The minimum atomic E-state index is 0.0680. The van der Waals surface area contributed by atoms with Crippen LogP contribution in [0.15, 0.2) is 41.0 Å². The number of nitrogen functional groups attached to an aromatic ring is 1. The van der Waals surface area contributed by atoms with Gasteiger partial charge in [0.2, 0.25) is 0 Å². The van der Waals surface area contributed by atoms with Crippen molar-refractivity contribution in [3.8, 4) is 0 Å². The van der Waals surface area contributed by atoms with Crippen molar-refractivity contribution in [1.82, 2.24) is 0 Å². The van der Waals surface area contributed by atoms with Gasteiger partial charge >= 0.3 is 0 Å². The zero-order valence-corrected chi connectivity index (χ0v) is 9.66. The van der Waals surface area contributed by atoms with E-state index in [2.05, 4.69) is 5.32 Å². The highest BCUT2D eigenvalue weighted by molar-refractivity contribution is 6.31. The largest absolute Gasteiger partial charge is 0.467 e. The molecule has 1 unspecified atom stereocenters. The maximum Gasteiger partial charge on any atom is 0.125 e. The van der Waals surface area contributed by atoms with Crippen molar-refractivity contribution < 1.29 is 4.42 Å². The van der Waals surface area contributed by atoms with Crippen LogP contribution in [0.5, 0.6) is 0 Å². The van der Waals surface area contributed by atoms with E-state index >= 15 is 0 Å². The molecule has 0 aliphatic carbocycles. The fourth-order valence-electron chi connectivity index (χ4n) is 1.51. The monoisotopic (exact) mass is 236 g/mol. The summed E-state index contributed by atoms with van der Waals surface area (Å²) in [5, 5.41) is 3.90. The molecule has 1 atom stereocenters. The van der Waals surface area contributed by atoms with Gasteiger partial charge in [0.25, 0.3) is 0 Å². The van der Waals surface area contributed by atoms with Gasteiger partial charge in [0.15, 0.2) is 0 Å². The van der Waals surface area contributed by atoms with Crippen LogP contribution in [0.4, 0.5) is 11.4 Å². The highest BCUT2D eigenvalue weighted by Gasteiger charge is 2.09. The highest BCUT2D eigenvalue weighted by atomic mass is 35.5. The number of anilines is 2. The number of hydrogen-bond acceptors (Lipinski definition) is 3. The van der Waals surface area contributed by atoms with Crippen LogP contribution in [0.2, 0.25) is 5.02 Å². The van der Waals surface area contributed by atoms with E-state index in [9.17, 15) is 0 Å². The second-order valence-corrected chi connectivity index (χ2v) is 4.05. The molecule has 2 rings (SSSR count). The second kappa shape index (κ2) is 4.49. The minimum absolute atomic E-state index is 0.0680. The summed E-state index contributed by atoms with van der Waals surface area (Å²) >= 11 is 5.83. The molecule has 0 spiro atoms. The summed E-state index contributed by atoms with van der Waals surface area (Å²) in [5.74, 6) is 0.870. The van der Waals surface area contributed by atoms with Gasteiger partial charge in [0.1, 0.15) is 5.76 Å². The normalized spacial score (nSPS) is 12.4. The Labute approximate surface area is 99.2 Å². The van der Waals surface area contributed by atoms with Gasteiger partial charge in [0, 0.05) is 5.02 Å². The zero-order chi connectivity index (χ0) is 11.5. The minimum Gasteiger partial charge on any atom is -0.467 e. The predicted octanol–water partition coefficient (Wildman–Crippen LogP) is 3.69. The Hall–Kier alpha value is -1.61. The maximum absolute atomic E-state index is 5.85. The number of furan rings is 1. The van der Waals surface area contributed by atoms with Crippen LogP contribution in [0, 0.1) is 0 Å². The highest BCUT2D eigenvalue weighted by Crippen LogP contribution is 2.26. The summed E-state index contributed by atoms with van der Waals surface area (Å²) in [4.78, 5) is 0. The molecule has 2 aromatic rings. The van der Waals surface area contributed by atoms with Crippen molar-refractivity contribution in [3.63, 3.8) is 0 Å². The van der Waals surface area contributed by atoms with E-state index in [1.807, 2.05) is 25.1 Å². The lowest BCUT2D eigenvalue weighted by molar-refractivity contribution is 0.490. The van der Waals surface area contributed by atoms with Gasteiger partial charge in [-0.15, -0.1) is 0 Å². The van der Waals surface area contributed by atoms with Crippen LogP contribution >= 0.6 is 11.6 Å². The van der Waals surface area contributed by atoms with E-state index in [1.54, 1.807) is 18.4 Å². The Balaban J connectivity index is 2.15. The molecule has 4 heteroatoms. The molecule has 0 saturated heterocycles. The van der Waals surface area contributed by atoms with Crippen LogP contribution in [-0.2, 0) is 0 Å². The smallest absolute Gasteiger partial charge is 0.125 e. The summed E-state index contributed by atoms with van der Waals surface area (Å²) in [6.45, 7) is 2.01. The first-order chi connectivity index (χ1) is 7.66. The third-order valence-electron chi connectivity index (χ3n) is 2.36. The summed E-state index contributed by atoms with van der Waals surface area (Å²) in [6.07, 6.45) is 1.65. The average Bonchev–Trinajstić information content (AvgIpc) is 2.75. The molecular weight excluding hydrogens is 224 g/mol. The molecule has 0 radical (unpaired) electrons. The van der Waals surface area contributed by atoms with Crippen LogP contribution < -0.4 is 11.1 Å². The summed E-state index contributed by atoms with van der Waals surface area (Å²) in [7, 11) is 0. The molecule has 3 N–H and O–H groups in total. The molecular formula is C12H13ClN2O. The molecule has 0 saturated carbocycles. The van der Waals surface area contributed by atoms with Crippen LogP contribution in [0.3, 0.4) is 0 Å². The van der Waals surface area contributed by atoms with Crippen LogP contribution in [0.1, 0.15) is 18.7 Å². The molecule has 0 fully saturated rings. The SMILES string of the molecule is CC(Nc1ccc(Cl)cc1N)c1ccco1. The molecule has 1 heterocycles. The molecule has 0 aliphatic heterocycles. The van der Waals surface area contributed by atoms with Crippen molar-refractivity contribution in [2.45, 2.75) is 13.0 Å². The fourth-order valence-corrected chi connectivity index (χ4v) is 1.69. The second-order valence-electron chi connectivity index (χ2n) is 3.61. The van der Waals surface area contributed by atoms with E-state index in [-0.39, 0.29) is 6.04 Å². The van der Waals surface area contributed by atoms with E-state index in [1.165, 1.54) is 0 Å². The van der Waals surface area contributed by atoms with Crippen LogP contribution in [-0.4, -0.2) is 0 Å². The number of nitrogens with two attached hydrogens (primary N) is 1. The average molecular weight is 237 g/mol. The lowest BCUT2D eigenvalue weighted by Crippen LogP contribution is -2.07. The van der Waals surface area contributed by atoms with Gasteiger partial charge in [-0.1, -0.05) is 11.6 Å². The molecule has 3 nitrogen and oxygen atoms in total. The molecule has 16 heavy (non-hydrogen) atoms. The Morgan fingerprint density at radius 1 is 1.38 bits per heavy atom. The number of hydrogen-bond donors (Lipinski definition) is 2. The Bertz CT molecular complexity index is 468. The lowest BCUT2D eigenvalue weighted by Gasteiger charge is -2.14. The summed E-state index contributed by atoms with van der Waals surface area (Å²) in [5.41, 5.74) is 7.33. The topological polar surface area (TPSA) is 51.2 Å². The Kier molecular flexibility index (Phi) is 3.06. The number of rotatable bonds is 3. The van der Waals surface area contributed by atoms with Crippen molar-refractivity contribution in [2.24, 2.45) is 0 Å². The molecule has 0 amide bonds. The third kappa shape index (κ3) is 2.31. The van der Waals surface area contributed by atoms with Crippen molar-refractivity contribution in [2.75, 3.05) is 11.1 Å². The first-order valence-electron chi connectivity index (χ1n) is 5.02. The molecule has 1 aromatic carbocycles. The van der Waals surface area contributed by atoms with E-state index in [0.717, 1.165) is 11.4 Å². The number of nitrogens with one attached hydrogen (secondary N) is 1. The van der Waals surface area contributed by atoms with Crippen molar-refractivity contribution in [3.05, 3.63) is 47.4 Å². The van der Waals surface area contributed by atoms with Gasteiger partial charge < -0.3 is 15.5 Å². The standard InChI is InChI=1S/C12H13ClN2O/c1-8(12-3-2-6-16-12)15-11-5-4-9(13)7-10(11)14/h2-8,15H,14H2,1H3. The Morgan fingerprint density at radius 3 is 2.81 bits per heavy atom. The zero-order valence-electron chi connectivity index (χ0n) is 8.91. The van der Waals surface area contributed by atoms with Gasteiger partial charge in [-0.25, -0.2) is 0 Å². The van der Waals surface area contributed by atoms with Gasteiger partial charge in [-0.2, -0.15) is 0 Å². The Morgan fingerprint density at radius 2 is 2.19 bits per heavy atom. The number of halogens is 1. The number of benzene rings is 1. The predicted molar refractivity (Wildman–Crippen MR) is 66.6 cm³/mol. The van der Waals surface area contributed by atoms with Gasteiger partial charge in [-0.05, 0) is 37.3 Å². The van der Waals surface area contributed by atoms with E-state index in [0.29, 0.717) is 10.7 Å². The van der Waals surface area contributed by atoms with E-state index in [4.69, 9.17) is 21.8 Å². The third-order valence-corrected chi connectivity index (χ3v) is 2.59. The first-order valence-corrected chi connectivity index (χ1v) is 5.39. The molecule has 84 valence electrons. The fraction of sp³-hybridized carbons (Fsp3) is 0.167. The summed E-state index contributed by atoms with van der Waals surface area (Å²) < 4.78 is 5.30. The summed E-state index contributed by atoms with van der Waals surface area (Å²) in [6, 6.07) is 9.23. The molecule has 0 aliphatic rings. The van der Waals surface area contributed by atoms with Crippen molar-refractivity contribution >= 4 is 23.0 Å². The van der Waals surface area contributed by atoms with Gasteiger partial charge in [-0.3, -0.25) is 0 Å². The quantitative estimate of drug-likeness (QED) is 0.800. The molecule has 1 aromatic heterocycles. The molecule has 0 bridgehead atoms. The maximum atomic E-state index is 5.85. The first kappa shape index (κ1) is 10.9. The van der Waals surface area contributed by atoms with E-state index < -0.39 is 0 Å².